The number of hydrogen-bond donors (Lipinski definition) is 2. The molecular formula is C9H10ClN3. The molecule has 0 atom stereocenters. The van der Waals surface area contributed by atoms with Gasteiger partial charge in [-0.2, -0.15) is 5.26 Å². The first-order valence-electron chi connectivity index (χ1n) is 3.90. The lowest BCUT2D eigenvalue weighted by Gasteiger charge is -2.07. The lowest BCUT2D eigenvalue weighted by Crippen LogP contribution is -2.03. The molecule has 4 heteroatoms. The molecule has 3 nitrogen and oxygen atoms in total. The predicted molar refractivity (Wildman–Crippen MR) is 54.6 cm³/mol. The van der Waals surface area contributed by atoms with Crippen LogP contribution in [0, 0.1) is 11.3 Å². The van der Waals surface area contributed by atoms with Gasteiger partial charge in [0.15, 0.2) is 0 Å². The summed E-state index contributed by atoms with van der Waals surface area (Å²) in [7, 11) is 0. The third-order valence-electron chi connectivity index (χ3n) is 1.57. The largest absolute Gasteiger partial charge is 0.397 e. The summed E-state index contributed by atoms with van der Waals surface area (Å²) in [5.74, 6) is 0. The molecule has 0 bridgehead atoms. The molecule has 68 valence electrons. The maximum absolute atomic E-state index is 8.32. The highest BCUT2D eigenvalue weighted by Gasteiger charge is 1.97. The van der Waals surface area contributed by atoms with Crippen molar-refractivity contribution >= 4 is 23.0 Å². The smallest absolute Gasteiger partial charge is 0.0640 e. The SMILES string of the molecule is N#CCCNc1ccc(Cl)cc1N. The molecular weight excluding hydrogens is 186 g/mol. The Labute approximate surface area is 82.1 Å². The van der Waals surface area contributed by atoms with E-state index in [0.717, 1.165) is 5.69 Å². The van der Waals surface area contributed by atoms with Gasteiger partial charge in [0.2, 0.25) is 0 Å². The van der Waals surface area contributed by atoms with Crippen molar-refractivity contribution in [3.63, 3.8) is 0 Å². The van der Waals surface area contributed by atoms with Crippen LogP contribution in [0.1, 0.15) is 6.42 Å². The molecule has 0 saturated heterocycles. The molecule has 0 aromatic heterocycles. The molecule has 0 aliphatic heterocycles. The molecule has 0 spiro atoms. The lowest BCUT2D eigenvalue weighted by atomic mass is 10.2. The number of nitrogens with two attached hydrogens (primary N) is 1. The second-order valence-corrected chi connectivity index (χ2v) is 3.00. The number of rotatable bonds is 3. The molecule has 0 aliphatic carbocycles. The summed E-state index contributed by atoms with van der Waals surface area (Å²) in [6.45, 7) is 0.600. The second kappa shape index (κ2) is 4.58. The first-order chi connectivity index (χ1) is 6.24. The van der Waals surface area contributed by atoms with E-state index < -0.39 is 0 Å². The zero-order chi connectivity index (χ0) is 9.68. The summed E-state index contributed by atoms with van der Waals surface area (Å²) < 4.78 is 0. The fraction of sp³-hybridized carbons (Fsp3) is 0.222. The van der Waals surface area contributed by atoms with Gasteiger partial charge in [-0.3, -0.25) is 0 Å². The van der Waals surface area contributed by atoms with Crippen molar-refractivity contribution in [2.45, 2.75) is 6.42 Å². The fourth-order valence-corrected chi connectivity index (χ4v) is 1.13. The molecule has 1 aromatic carbocycles. The molecule has 0 saturated carbocycles. The normalized spacial score (nSPS) is 9.23. The number of halogens is 1. The van der Waals surface area contributed by atoms with Gasteiger partial charge in [-0.1, -0.05) is 11.6 Å². The number of hydrogen-bond acceptors (Lipinski definition) is 3. The van der Waals surface area contributed by atoms with Crippen LogP contribution in [0.15, 0.2) is 18.2 Å². The predicted octanol–water partition coefficient (Wildman–Crippen LogP) is 2.25. The van der Waals surface area contributed by atoms with Crippen LogP contribution >= 0.6 is 11.6 Å². The number of nitrogens with one attached hydrogen (secondary N) is 1. The molecule has 0 aliphatic rings. The molecule has 13 heavy (non-hydrogen) atoms. The first-order valence-corrected chi connectivity index (χ1v) is 4.27. The van der Waals surface area contributed by atoms with E-state index in [1.54, 1.807) is 18.2 Å². The van der Waals surface area contributed by atoms with Gasteiger partial charge in [0.1, 0.15) is 0 Å². The first kappa shape index (κ1) is 9.69. The van der Waals surface area contributed by atoms with E-state index in [1.165, 1.54) is 0 Å². The van der Waals surface area contributed by atoms with Gasteiger partial charge in [0, 0.05) is 11.6 Å². The van der Waals surface area contributed by atoms with E-state index in [1.807, 2.05) is 6.07 Å². The summed E-state index contributed by atoms with van der Waals surface area (Å²) in [6, 6.07) is 7.27. The van der Waals surface area contributed by atoms with Crippen molar-refractivity contribution in [2.75, 3.05) is 17.6 Å². The number of nitrogens with zero attached hydrogens (tertiary/aromatic N) is 1. The monoisotopic (exact) mass is 195 g/mol. The maximum atomic E-state index is 8.32. The average molecular weight is 196 g/mol. The number of benzene rings is 1. The van der Waals surface area contributed by atoms with Crippen LogP contribution in [0.5, 0.6) is 0 Å². The Kier molecular flexibility index (Phi) is 3.41. The summed E-state index contributed by atoms with van der Waals surface area (Å²) in [4.78, 5) is 0. The van der Waals surface area contributed by atoms with Gasteiger partial charge in [0.05, 0.1) is 23.9 Å². The minimum absolute atomic E-state index is 0.460. The van der Waals surface area contributed by atoms with Crippen molar-refractivity contribution in [1.82, 2.24) is 0 Å². The summed E-state index contributed by atoms with van der Waals surface area (Å²) >= 11 is 5.72. The Bertz CT molecular complexity index is 330. The zero-order valence-corrected chi connectivity index (χ0v) is 7.80. The highest BCUT2D eigenvalue weighted by molar-refractivity contribution is 6.31. The van der Waals surface area contributed by atoms with Gasteiger partial charge in [0.25, 0.3) is 0 Å². The molecule has 0 amide bonds. The third-order valence-corrected chi connectivity index (χ3v) is 1.80. The molecule has 1 aromatic rings. The van der Waals surface area contributed by atoms with Crippen molar-refractivity contribution in [3.8, 4) is 6.07 Å². The molecule has 0 unspecified atom stereocenters. The van der Waals surface area contributed by atoms with E-state index in [4.69, 9.17) is 22.6 Å². The van der Waals surface area contributed by atoms with E-state index in [9.17, 15) is 0 Å². The van der Waals surface area contributed by atoms with Crippen molar-refractivity contribution < 1.29 is 0 Å². The maximum Gasteiger partial charge on any atom is 0.0640 e. The Balaban J connectivity index is 2.62. The minimum Gasteiger partial charge on any atom is -0.397 e. The Hall–Kier alpha value is -1.40. The highest BCUT2D eigenvalue weighted by Crippen LogP contribution is 2.22. The summed E-state index contributed by atoms with van der Waals surface area (Å²) in [6.07, 6.45) is 0.460. The van der Waals surface area contributed by atoms with Crippen molar-refractivity contribution in [3.05, 3.63) is 23.2 Å². The van der Waals surface area contributed by atoms with Crippen LogP contribution < -0.4 is 11.1 Å². The van der Waals surface area contributed by atoms with Crippen LogP contribution in [0.25, 0.3) is 0 Å². The van der Waals surface area contributed by atoms with Gasteiger partial charge in [-0.25, -0.2) is 0 Å². The Morgan fingerprint density at radius 2 is 2.31 bits per heavy atom. The summed E-state index contributed by atoms with van der Waals surface area (Å²) in [5.41, 5.74) is 7.10. The zero-order valence-electron chi connectivity index (χ0n) is 7.05. The van der Waals surface area contributed by atoms with Crippen LogP contribution in [0.3, 0.4) is 0 Å². The van der Waals surface area contributed by atoms with Crippen LogP contribution in [0.2, 0.25) is 5.02 Å². The topological polar surface area (TPSA) is 61.8 Å². The molecule has 1 rings (SSSR count). The van der Waals surface area contributed by atoms with Crippen LogP contribution in [0.4, 0.5) is 11.4 Å². The quantitative estimate of drug-likeness (QED) is 0.575. The number of nitrogen functional groups attached to an aromatic ring is 1. The highest BCUT2D eigenvalue weighted by atomic mass is 35.5. The molecule has 0 fully saturated rings. The van der Waals surface area contributed by atoms with E-state index in [2.05, 4.69) is 5.32 Å². The van der Waals surface area contributed by atoms with Gasteiger partial charge in [-0.05, 0) is 18.2 Å². The van der Waals surface area contributed by atoms with Crippen molar-refractivity contribution in [2.24, 2.45) is 0 Å². The van der Waals surface area contributed by atoms with Crippen LogP contribution in [-0.4, -0.2) is 6.54 Å². The second-order valence-electron chi connectivity index (χ2n) is 2.57. The molecule has 3 N–H and O–H groups in total. The Morgan fingerprint density at radius 3 is 2.92 bits per heavy atom. The fourth-order valence-electron chi connectivity index (χ4n) is 0.948. The number of anilines is 2. The standard InChI is InChI=1S/C9H10ClN3/c10-7-2-3-9(8(12)6-7)13-5-1-4-11/h2-3,6,13H,1,5,12H2. The van der Waals surface area contributed by atoms with E-state index in [-0.39, 0.29) is 0 Å². The van der Waals surface area contributed by atoms with Gasteiger partial charge >= 0.3 is 0 Å². The van der Waals surface area contributed by atoms with Gasteiger partial charge in [-0.15, -0.1) is 0 Å². The lowest BCUT2D eigenvalue weighted by molar-refractivity contribution is 1.08. The average Bonchev–Trinajstić information content (AvgIpc) is 2.09. The van der Waals surface area contributed by atoms with Gasteiger partial charge < -0.3 is 11.1 Å². The third kappa shape index (κ3) is 2.85. The van der Waals surface area contributed by atoms with Crippen molar-refractivity contribution in [1.29, 1.82) is 5.26 Å². The minimum atomic E-state index is 0.460. The van der Waals surface area contributed by atoms with Crippen LogP contribution in [-0.2, 0) is 0 Å². The van der Waals surface area contributed by atoms with E-state index in [0.29, 0.717) is 23.7 Å². The summed E-state index contributed by atoms with van der Waals surface area (Å²) in [5, 5.41) is 12.0. The Morgan fingerprint density at radius 1 is 1.54 bits per heavy atom. The number of nitriles is 1. The van der Waals surface area contributed by atoms with E-state index >= 15 is 0 Å². The molecule has 0 radical (unpaired) electrons. The molecule has 0 heterocycles.